The van der Waals surface area contributed by atoms with Gasteiger partial charge in [0.1, 0.15) is 5.60 Å². The lowest BCUT2D eigenvalue weighted by molar-refractivity contribution is 0.0270. The van der Waals surface area contributed by atoms with Crippen LogP contribution in [0.15, 0.2) is 6.20 Å². The van der Waals surface area contributed by atoms with Crippen LogP contribution >= 0.6 is 0 Å². The van der Waals surface area contributed by atoms with Crippen LogP contribution in [0.5, 0.6) is 0 Å². The normalized spacial score (nSPS) is 23.2. The molecule has 20 heavy (non-hydrogen) atoms. The van der Waals surface area contributed by atoms with Crippen molar-refractivity contribution in [2.24, 2.45) is 7.05 Å². The van der Waals surface area contributed by atoms with Gasteiger partial charge in [-0.1, -0.05) is 0 Å². The number of carbonyl (C=O) groups excluding carboxylic acids is 1. The van der Waals surface area contributed by atoms with Crippen molar-refractivity contribution < 1.29 is 14.6 Å². The van der Waals surface area contributed by atoms with E-state index in [-0.39, 0.29) is 12.0 Å². The summed E-state index contributed by atoms with van der Waals surface area (Å²) in [6.07, 6.45) is 0.813. The zero-order valence-corrected chi connectivity index (χ0v) is 12.8. The predicted octanol–water partition coefficient (Wildman–Crippen LogP) is 1.42. The van der Waals surface area contributed by atoms with Gasteiger partial charge in [0.2, 0.25) is 0 Å². The Balaban J connectivity index is 2.09. The molecule has 1 aromatic rings. The van der Waals surface area contributed by atoms with E-state index < -0.39 is 11.7 Å². The molecule has 0 bridgehead atoms. The molecule has 1 amide bonds. The van der Waals surface area contributed by atoms with E-state index in [1.807, 2.05) is 34.7 Å². The lowest BCUT2D eigenvalue weighted by atomic mass is 9.97. The van der Waals surface area contributed by atoms with Crippen molar-refractivity contribution in [2.75, 3.05) is 13.1 Å². The molecule has 2 rings (SSSR count). The van der Waals surface area contributed by atoms with Gasteiger partial charge < -0.3 is 14.7 Å². The second kappa shape index (κ2) is 5.09. The van der Waals surface area contributed by atoms with Crippen LogP contribution in [-0.4, -0.2) is 50.7 Å². The number of aliphatic hydroxyl groups is 1. The first kappa shape index (κ1) is 14.8. The molecule has 1 N–H and O–H groups in total. The fraction of sp³-hybridized carbons (Fsp3) is 0.714. The van der Waals surface area contributed by atoms with E-state index in [4.69, 9.17) is 4.74 Å². The van der Waals surface area contributed by atoms with Gasteiger partial charge >= 0.3 is 6.09 Å². The summed E-state index contributed by atoms with van der Waals surface area (Å²) in [6.45, 7) is 8.22. The third-order valence-corrected chi connectivity index (χ3v) is 3.61. The summed E-state index contributed by atoms with van der Waals surface area (Å²) in [6, 6.07) is 0. The molecule has 6 nitrogen and oxygen atoms in total. The summed E-state index contributed by atoms with van der Waals surface area (Å²) in [5, 5.41) is 14.4. The molecule has 1 fully saturated rings. The molecular formula is C14H23N3O3. The van der Waals surface area contributed by atoms with Crippen LogP contribution in [0.3, 0.4) is 0 Å². The molecule has 0 saturated carbocycles. The monoisotopic (exact) mass is 281 g/mol. The van der Waals surface area contributed by atoms with Crippen LogP contribution in [0.4, 0.5) is 4.79 Å². The van der Waals surface area contributed by atoms with Gasteiger partial charge in [0.15, 0.2) is 0 Å². The van der Waals surface area contributed by atoms with Crippen LogP contribution in [0.25, 0.3) is 0 Å². The van der Waals surface area contributed by atoms with E-state index in [0.29, 0.717) is 13.1 Å². The fourth-order valence-electron chi connectivity index (χ4n) is 2.45. The Morgan fingerprint density at radius 1 is 1.45 bits per heavy atom. The standard InChI is InChI=1S/C14H23N3O3/c1-9-10(6-15-16(9)5)11-7-17(8-12(11)18)13(19)20-14(2,3)4/h6,11-12,18H,7-8H2,1-5H3/t11-,12+/m0/s1. The van der Waals surface area contributed by atoms with Gasteiger partial charge in [0.25, 0.3) is 0 Å². The molecule has 0 radical (unpaired) electrons. The van der Waals surface area contributed by atoms with Crippen molar-refractivity contribution >= 4 is 6.09 Å². The highest BCUT2D eigenvalue weighted by Gasteiger charge is 2.38. The van der Waals surface area contributed by atoms with Crippen molar-refractivity contribution in [1.29, 1.82) is 0 Å². The molecule has 1 saturated heterocycles. The Morgan fingerprint density at radius 3 is 2.60 bits per heavy atom. The number of aliphatic hydroxyl groups excluding tert-OH is 1. The van der Waals surface area contributed by atoms with E-state index in [1.165, 1.54) is 0 Å². The fourth-order valence-corrected chi connectivity index (χ4v) is 2.45. The van der Waals surface area contributed by atoms with Gasteiger partial charge in [-0.2, -0.15) is 5.10 Å². The summed E-state index contributed by atoms with van der Waals surface area (Å²) < 4.78 is 7.12. The number of hydrogen-bond acceptors (Lipinski definition) is 4. The number of carbonyl (C=O) groups is 1. The minimum absolute atomic E-state index is 0.101. The topological polar surface area (TPSA) is 67.6 Å². The predicted molar refractivity (Wildman–Crippen MR) is 74.5 cm³/mol. The Morgan fingerprint density at radius 2 is 2.10 bits per heavy atom. The molecule has 0 unspecified atom stereocenters. The molecule has 1 aromatic heterocycles. The number of likely N-dealkylation sites (tertiary alicyclic amines) is 1. The molecule has 0 aliphatic carbocycles. The number of β-amino-alcohol motifs (C(OH)–C–C–N with tert-alkyl or cyclic N) is 1. The van der Waals surface area contributed by atoms with Crippen LogP contribution in [-0.2, 0) is 11.8 Å². The zero-order valence-electron chi connectivity index (χ0n) is 12.8. The number of ether oxygens (including phenoxy) is 1. The van der Waals surface area contributed by atoms with Crippen molar-refractivity contribution in [2.45, 2.75) is 45.3 Å². The molecule has 112 valence electrons. The van der Waals surface area contributed by atoms with Crippen LogP contribution in [0, 0.1) is 6.92 Å². The van der Waals surface area contributed by atoms with Crippen molar-refractivity contribution in [3.8, 4) is 0 Å². The SMILES string of the molecule is Cc1c([C@@H]2CN(C(=O)OC(C)(C)C)C[C@H]2O)cnn1C. The van der Waals surface area contributed by atoms with E-state index in [1.54, 1.807) is 15.8 Å². The minimum Gasteiger partial charge on any atom is -0.444 e. The summed E-state index contributed by atoms with van der Waals surface area (Å²) >= 11 is 0. The molecule has 2 atom stereocenters. The van der Waals surface area contributed by atoms with Crippen molar-refractivity contribution in [1.82, 2.24) is 14.7 Å². The molecule has 0 aromatic carbocycles. The second-order valence-corrected chi connectivity index (χ2v) is 6.37. The maximum atomic E-state index is 12.0. The third kappa shape index (κ3) is 2.95. The summed E-state index contributed by atoms with van der Waals surface area (Å²) in [5.41, 5.74) is 1.48. The highest BCUT2D eigenvalue weighted by Crippen LogP contribution is 2.30. The van der Waals surface area contributed by atoms with E-state index in [2.05, 4.69) is 5.10 Å². The number of aryl methyl sites for hydroxylation is 1. The first-order chi connectivity index (χ1) is 9.19. The second-order valence-electron chi connectivity index (χ2n) is 6.37. The van der Waals surface area contributed by atoms with E-state index in [0.717, 1.165) is 11.3 Å². The van der Waals surface area contributed by atoms with Gasteiger partial charge in [-0.25, -0.2) is 4.79 Å². The lowest BCUT2D eigenvalue weighted by Gasteiger charge is -2.24. The van der Waals surface area contributed by atoms with Gasteiger partial charge in [-0.05, 0) is 27.7 Å². The molecule has 2 heterocycles. The largest absolute Gasteiger partial charge is 0.444 e. The van der Waals surface area contributed by atoms with Crippen LogP contribution in [0.1, 0.15) is 37.9 Å². The summed E-state index contributed by atoms with van der Waals surface area (Å²) in [5.74, 6) is -0.101. The Bertz CT molecular complexity index is 504. The molecule has 6 heteroatoms. The lowest BCUT2D eigenvalue weighted by Crippen LogP contribution is -2.35. The number of rotatable bonds is 1. The minimum atomic E-state index is -0.578. The Kier molecular flexibility index (Phi) is 3.77. The highest BCUT2D eigenvalue weighted by atomic mass is 16.6. The number of hydrogen-bond donors (Lipinski definition) is 1. The molecular weight excluding hydrogens is 258 g/mol. The average Bonchev–Trinajstić information content (AvgIpc) is 2.82. The van der Waals surface area contributed by atoms with Crippen molar-refractivity contribution in [3.05, 3.63) is 17.5 Å². The molecule has 0 spiro atoms. The van der Waals surface area contributed by atoms with Crippen LogP contribution < -0.4 is 0 Å². The highest BCUT2D eigenvalue weighted by molar-refractivity contribution is 5.69. The van der Waals surface area contributed by atoms with Crippen LogP contribution in [0.2, 0.25) is 0 Å². The zero-order chi connectivity index (χ0) is 15.1. The summed E-state index contributed by atoms with van der Waals surface area (Å²) in [4.78, 5) is 13.6. The maximum absolute atomic E-state index is 12.0. The quantitative estimate of drug-likeness (QED) is 0.845. The summed E-state index contributed by atoms with van der Waals surface area (Å²) in [7, 11) is 1.87. The number of amides is 1. The van der Waals surface area contributed by atoms with E-state index in [9.17, 15) is 9.90 Å². The molecule has 1 aliphatic heterocycles. The van der Waals surface area contributed by atoms with Gasteiger partial charge in [-0.3, -0.25) is 4.68 Å². The van der Waals surface area contributed by atoms with E-state index >= 15 is 0 Å². The van der Waals surface area contributed by atoms with Crippen molar-refractivity contribution in [3.63, 3.8) is 0 Å². The van der Waals surface area contributed by atoms with Gasteiger partial charge in [0, 0.05) is 30.8 Å². The first-order valence-electron chi connectivity index (χ1n) is 6.83. The number of aromatic nitrogens is 2. The maximum Gasteiger partial charge on any atom is 0.410 e. The number of nitrogens with zero attached hydrogens (tertiary/aromatic N) is 3. The smallest absolute Gasteiger partial charge is 0.410 e. The van der Waals surface area contributed by atoms with Gasteiger partial charge in [-0.15, -0.1) is 0 Å². The Hall–Kier alpha value is -1.56. The van der Waals surface area contributed by atoms with Gasteiger partial charge in [0.05, 0.1) is 18.8 Å². The molecule has 1 aliphatic rings. The third-order valence-electron chi connectivity index (χ3n) is 3.61. The first-order valence-corrected chi connectivity index (χ1v) is 6.83. The Labute approximate surface area is 119 Å². The average molecular weight is 281 g/mol.